The summed E-state index contributed by atoms with van der Waals surface area (Å²) in [5.41, 5.74) is 0.778. The third-order valence-electron chi connectivity index (χ3n) is 2.43. The van der Waals surface area contributed by atoms with Gasteiger partial charge in [0.25, 0.3) is 0 Å². The zero-order valence-corrected chi connectivity index (χ0v) is 12.9. The minimum Gasteiger partial charge on any atom is -0.325 e. The highest BCUT2D eigenvalue weighted by Crippen LogP contribution is 2.21. The van der Waals surface area contributed by atoms with Crippen LogP contribution in [-0.4, -0.2) is 45.0 Å². The maximum absolute atomic E-state index is 11.5. The molecule has 6 nitrogen and oxygen atoms in total. The number of nitrogens with one attached hydrogen (secondary N) is 2. The largest absolute Gasteiger partial charge is 0.325 e. The van der Waals surface area contributed by atoms with Crippen molar-refractivity contribution in [1.29, 1.82) is 0 Å². The van der Waals surface area contributed by atoms with Gasteiger partial charge in [-0.1, -0.05) is 0 Å². The molecule has 1 rings (SSSR count). The Morgan fingerprint density at radius 3 is 2.68 bits per heavy atom. The lowest BCUT2D eigenvalue weighted by atomic mass is 10.3. The van der Waals surface area contributed by atoms with Crippen molar-refractivity contribution >= 4 is 33.0 Å². The van der Waals surface area contributed by atoms with Gasteiger partial charge in [-0.2, -0.15) is 0 Å². The van der Waals surface area contributed by atoms with Gasteiger partial charge in [0.05, 0.1) is 11.4 Å². The second kappa shape index (κ2) is 6.99. The second-order valence-corrected chi connectivity index (χ2v) is 7.52. The summed E-state index contributed by atoms with van der Waals surface area (Å²) in [4.78, 5) is 12.0. The van der Waals surface area contributed by atoms with Gasteiger partial charge in [-0.25, -0.2) is 12.7 Å². The molecule has 8 heteroatoms. The first-order valence-corrected chi connectivity index (χ1v) is 8.26. The molecule has 0 aliphatic rings. The molecule has 0 spiro atoms. The van der Waals surface area contributed by atoms with Crippen LogP contribution in [0.3, 0.4) is 0 Å². The van der Waals surface area contributed by atoms with Crippen LogP contribution in [0.2, 0.25) is 0 Å². The average molecular weight is 305 g/mol. The molecule has 1 aromatic heterocycles. The molecule has 2 N–H and O–H groups in total. The number of rotatable bonds is 7. The quantitative estimate of drug-likeness (QED) is 0.727. The van der Waals surface area contributed by atoms with Gasteiger partial charge in [-0.15, -0.1) is 11.3 Å². The van der Waals surface area contributed by atoms with Crippen LogP contribution in [0.25, 0.3) is 0 Å². The first-order valence-electron chi connectivity index (χ1n) is 5.78. The van der Waals surface area contributed by atoms with Crippen LogP contribution < -0.4 is 10.6 Å². The van der Waals surface area contributed by atoms with E-state index in [-0.39, 0.29) is 11.7 Å². The summed E-state index contributed by atoms with van der Waals surface area (Å²) < 4.78 is 24.3. The highest BCUT2D eigenvalue weighted by molar-refractivity contribution is 7.89. The van der Waals surface area contributed by atoms with Crippen LogP contribution in [0.15, 0.2) is 11.4 Å². The van der Waals surface area contributed by atoms with E-state index in [1.165, 1.54) is 36.7 Å². The molecule has 19 heavy (non-hydrogen) atoms. The topological polar surface area (TPSA) is 78.5 Å². The molecule has 1 heterocycles. The van der Waals surface area contributed by atoms with Gasteiger partial charge in [-0.05, 0) is 11.4 Å². The molecule has 0 radical (unpaired) electrons. The van der Waals surface area contributed by atoms with E-state index >= 15 is 0 Å². The average Bonchev–Trinajstić information content (AvgIpc) is 2.71. The zero-order chi connectivity index (χ0) is 14.5. The fourth-order valence-electron chi connectivity index (χ4n) is 1.36. The van der Waals surface area contributed by atoms with Crippen molar-refractivity contribution in [1.82, 2.24) is 9.62 Å². The van der Waals surface area contributed by atoms with Crippen molar-refractivity contribution in [2.75, 3.05) is 31.7 Å². The Morgan fingerprint density at radius 2 is 2.11 bits per heavy atom. The summed E-state index contributed by atoms with van der Waals surface area (Å²) in [7, 11) is -0.129. The van der Waals surface area contributed by atoms with Gasteiger partial charge in [0.15, 0.2) is 0 Å². The molecular weight excluding hydrogens is 286 g/mol. The molecule has 1 amide bonds. The van der Waals surface area contributed by atoms with E-state index in [0.717, 1.165) is 10.6 Å². The number of thiophene rings is 1. The highest BCUT2D eigenvalue weighted by Gasteiger charge is 2.12. The smallest absolute Gasteiger partial charge is 0.221 e. The number of hydrogen-bond donors (Lipinski definition) is 2. The number of nitrogens with zero attached hydrogens (tertiary/aromatic N) is 1. The van der Waals surface area contributed by atoms with Gasteiger partial charge < -0.3 is 10.6 Å². The lowest BCUT2D eigenvalue weighted by Crippen LogP contribution is -2.31. The van der Waals surface area contributed by atoms with E-state index < -0.39 is 10.0 Å². The molecule has 0 aliphatic heterocycles. The summed E-state index contributed by atoms with van der Waals surface area (Å²) in [6.07, 6.45) is 0. The van der Waals surface area contributed by atoms with E-state index in [0.29, 0.717) is 13.1 Å². The minimum absolute atomic E-state index is 0.0564. The maximum Gasteiger partial charge on any atom is 0.221 e. The Bertz CT molecular complexity index is 523. The van der Waals surface area contributed by atoms with Crippen LogP contribution in [0.1, 0.15) is 11.8 Å². The zero-order valence-electron chi connectivity index (χ0n) is 11.3. The van der Waals surface area contributed by atoms with E-state index in [4.69, 9.17) is 0 Å². The van der Waals surface area contributed by atoms with Crippen LogP contribution in [-0.2, 0) is 21.4 Å². The standard InChI is InChI=1S/C11H19N3O3S2/c1-9(15)13-10-4-6-18-11(10)8-12-5-7-19(16,17)14(2)3/h4,6,12H,5,7-8H2,1-3H3,(H,13,15). The first-order chi connectivity index (χ1) is 8.83. The molecule has 0 fully saturated rings. The van der Waals surface area contributed by atoms with Crippen molar-refractivity contribution in [3.8, 4) is 0 Å². The lowest BCUT2D eigenvalue weighted by molar-refractivity contribution is -0.114. The molecule has 0 bridgehead atoms. The molecule has 108 valence electrons. The SMILES string of the molecule is CC(=O)Nc1ccsc1CNCCS(=O)(=O)N(C)C. The summed E-state index contributed by atoms with van der Waals surface area (Å²) in [6.45, 7) is 2.37. The minimum atomic E-state index is -3.16. The number of hydrogen-bond acceptors (Lipinski definition) is 5. The van der Waals surface area contributed by atoms with Gasteiger partial charge in [0, 0.05) is 39.0 Å². The van der Waals surface area contributed by atoms with Crippen molar-refractivity contribution in [2.24, 2.45) is 0 Å². The number of amides is 1. The number of sulfonamides is 1. The second-order valence-electron chi connectivity index (χ2n) is 4.21. The molecule has 0 atom stereocenters. The van der Waals surface area contributed by atoms with Crippen molar-refractivity contribution in [2.45, 2.75) is 13.5 Å². The van der Waals surface area contributed by atoms with Crippen LogP contribution in [0.4, 0.5) is 5.69 Å². The van der Waals surface area contributed by atoms with E-state index in [9.17, 15) is 13.2 Å². The van der Waals surface area contributed by atoms with E-state index in [2.05, 4.69) is 10.6 Å². The van der Waals surface area contributed by atoms with Gasteiger partial charge in [0.2, 0.25) is 15.9 Å². The first kappa shape index (κ1) is 16.1. The van der Waals surface area contributed by atoms with Crippen molar-refractivity contribution < 1.29 is 13.2 Å². The third-order valence-corrected chi connectivity index (χ3v) is 5.19. The predicted molar refractivity (Wildman–Crippen MR) is 77.8 cm³/mol. The maximum atomic E-state index is 11.5. The van der Waals surface area contributed by atoms with Crippen LogP contribution >= 0.6 is 11.3 Å². The van der Waals surface area contributed by atoms with Gasteiger partial charge in [0.1, 0.15) is 0 Å². The third kappa shape index (κ3) is 5.27. The number of anilines is 1. The molecule has 0 saturated carbocycles. The summed E-state index contributed by atoms with van der Waals surface area (Å²) in [5.74, 6) is -0.0595. The van der Waals surface area contributed by atoms with E-state index in [1.54, 1.807) is 0 Å². The molecule has 0 saturated heterocycles. The fourth-order valence-corrected chi connectivity index (χ4v) is 2.93. The van der Waals surface area contributed by atoms with Gasteiger partial charge in [-0.3, -0.25) is 4.79 Å². The van der Waals surface area contributed by atoms with E-state index in [1.807, 2.05) is 11.4 Å². The molecule has 0 unspecified atom stereocenters. The Morgan fingerprint density at radius 1 is 1.42 bits per heavy atom. The molecular formula is C11H19N3O3S2. The Kier molecular flexibility index (Phi) is 5.92. The predicted octanol–water partition coefficient (Wildman–Crippen LogP) is 0.687. The molecule has 0 aromatic carbocycles. The van der Waals surface area contributed by atoms with Crippen molar-refractivity contribution in [3.63, 3.8) is 0 Å². The Labute approximate surface area is 117 Å². The van der Waals surface area contributed by atoms with Crippen LogP contribution in [0.5, 0.6) is 0 Å². The fraction of sp³-hybridized carbons (Fsp3) is 0.545. The number of carbonyl (C=O) groups excluding carboxylic acids is 1. The van der Waals surface area contributed by atoms with Gasteiger partial charge >= 0.3 is 0 Å². The summed E-state index contributed by atoms with van der Waals surface area (Å²) >= 11 is 1.52. The Balaban J connectivity index is 2.42. The summed E-state index contributed by atoms with van der Waals surface area (Å²) in [6, 6.07) is 1.83. The van der Waals surface area contributed by atoms with Crippen molar-refractivity contribution in [3.05, 3.63) is 16.3 Å². The lowest BCUT2D eigenvalue weighted by Gasteiger charge is -2.11. The number of carbonyl (C=O) groups is 1. The molecule has 0 aliphatic carbocycles. The highest BCUT2D eigenvalue weighted by atomic mass is 32.2. The van der Waals surface area contributed by atoms with Crippen LogP contribution in [0, 0.1) is 0 Å². The normalized spacial score (nSPS) is 11.8. The molecule has 1 aromatic rings. The summed E-state index contributed by atoms with van der Waals surface area (Å²) in [5, 5.41) is 7.69. The Hall–Kier alpha value is -0.960. The monoisotopic (exact) mass is 305 g/mol.